The minimum absolute atomic E-state index is 0.226. The molecule has 0 amide bonds. The summed E-state index contributed by atoms with van der Waals surface area (Å²) < 4.78 is 7.00. The van der Waals surface area contributed by atoms with Gasteiger partial charge < -0.3 is 0 Å². The molecule has 2 aliphatic rings. The van der Waals surface area contributed by atoms with Gasteiger partial charge in [-0.25, -0.2) is 0 Å². The zero-order valence-electron chi connectivity index (χ0n) is 11.0. The third kappa shape index (κ3) is 2.57. The molecule has 97 valence electrons. The van der Waals surface area contributed by atoms with Crippen LogP contribution >= 0.6 is 0 Å². The summed E-state index contributed by atoms with van der Waals surface area (Å²) >= 11 is 0.226. The molecule has 3 unspecified atom stereocenters. The molecule has 3 atom stereocenters. The van der Waals surface area contributed by atoms with Crippen molar-refractivity contribution in [1.82, 2.24) is 9.88 Å². The molecule has 1 saturated carbocycles. The van der Waals surface area contributed by atoms with Crippen LogP contribution in [0.5, 0.6) is 5.75 Å². The van der Waals surface area contributed by atoms with E-state index in [0.29, 0.717) is 0 Å². The number of fused-ring (bicyclic) bond motifs is 1. The number of likely N-dealkylation sites (tertiary alicyclic amines) is 1. The molecule has 2 heterocycles. The van der Waals surface area contributed by atoms with Gasteiger partial charge in [-0.15, -0.1) is 0 Å². The Morgan fingerprint density at radius 3 is 2.94 bits per heavy atom. The Kier molecular flexibility index (Phi) is 3.63. The van der Waals surface area contributed by atoms with Gasteiger partial charge in [0.25, 0.3) is 0 Å². The second kappa shape index (κ2) is 5.22. The molecule has 1 aromatic heterocycles. The second-order valence-electron chi connectivity index (χ2n) is 5.33. The first-order chi connectivity index (χ1) is 8.78. The number of rotatable bonds is 5. The summed E-state index contributed by atoms with van der Waals surface area (Å²) in [6.07, 6.45) is 5.81. The summed E-state index contributed by atoms with van der Waals surface area (Å²) in [4.78, 5) is 6.94. The molecule has 1 aliphatic heterocycles. The standard InChI is InChI=1S/C14H20AsN2O/c1-15-14-4-3-12(9-16-14)18-6-5-11-7-10-8-13(10)17(11)2/h3-4,9-11,13H,5-8H2,1-2H3. The van der Waals surface area contributed by atoms with E-state index >= 15 is 0 Å². The van der Waals surface area contributed by atoms with Gasteiger partial charge in [0.1, 0.15) is 0 Å². The Bertz CT molecular complexity index is 409. The number of piperidine rings is 1. The van der Waals surface area contributed by atoms with Crippen LogP contribution in [-0.4, -0.2) is 51.4 Å². The van der Waals surface area contributed by atoms with Crippen LogP contribution in [0.25, 0.3) is 0 Å². The molecule has 2 fully saturated rings. The van der Waals surface area contributed by atoms with Gasteiger partial charge in [0.05, 0.1) is 0 Å². The van der Waals surface area contributed by atoms with Crippen LogP contribution in [0.2, 0.25) is 5.71 Å². The zero-order chi connectivity index (χ0) is 12.5. The molecule has 0 spiro atoms. The summed E-state index contributed by atoms with van der Waals surface area (Å²) in [5.41, 5.74) is 2.21. The first-order valence-electron chi connectivity index (χ1n) is 6.68. The number of hydrogen-bond acceptors (Lipinski definition) is 3. The molecular formula is C14H20AsN2O. The predicted molar refractivity (Wildman–Crippen MR) is 73.7 cm³/mol. The van der Waals surface area contributed by atoms with Gasteiger partial charge in [0.15, 0.2) is 0 Å². The van der Waals surface area contributed by atoms with Crippen LogP contribution in [0, 0.1) is 5.92 Å². The van der Waals surface area contributed by atoms with Gasteiger partial charge in [-0.2, -0.15) is 0 Å². The summed E-state index contributed by atoms with van der Waals surface area (Å²) in [6.45, 7) is 0.815. The molecule has 0 aromatic carbocycles. The number of nitrogens with zero attached hydrogens (tertiary/aromatic N) is 2. The topological polar surface area (TPSA) is 25.4 Å². The molecule has 0 bridgehead atoms. The summed E-state index contributed by atoms with van der Waals surface area (Å²) in [5, 5.41) is 0. The van der Waals surface area contributed by atoms with Crippen molar-refractivity contribution in [1.29, 1.82) is 0 Å². The van der Waals surface area contributed by atoms with Crippen LogP contribution in [-0.2, 0) is 0 Å². The SMILES string of the molecule is C[As]c1ccc(OCCC2CC3CC3N2C)cn1. The van der Waals surface area contributed by atoms with Crippen LogP contribution in [0.15, 0.2) is 18.3 Å². The molecule has 0 N–H and O–H groups in total. The monoisotopic (exact) mass is 307 g/mol. The van der Waals surface area contributed by atoms with Crippen molar-refractivity contribution in [2.45, 2.75) is 37.1 Å². The fourth-order valence-electron chi connectivity index (χ4n) is 2.99. The number of pyridine rings is 1. The van der Waals surface area contributed by atoms with Crippen LogP contribution < -0.4 is 9.22 Å². The zero-order valence-corrected chi connectivity index (χ0v) is 12.9. The fraction of sp³-hybridized carbons (Fsp3) is 0.643. The van der Waals surface area contributed by atoms with Crippen LogP contribution in [0.1, 0.15) is 19.3 Å². The van der Waals surface area contributed by atoms with Gasteiger partial charge in [0.2, 0.25) is 0 Å². The van der Waals surface area contributed by atoms with Crippen LogP contribution in [0.3, 0.4) is 0 Å². The molecule has 3 nitrogen and oxygen atoms in total. The van der Waals surface area contributed by atoms with Gasteiger partial charge in [0, 0.05) is 0 Å². The maximum absolute atomic E-state index is 5.79. The quantitative estimate of drug-likeness (QED) is 0.767. The normalized spacial score (nSPS) is 30.9. The van der Waals surface area contributed by atoms with Crippen molar-refractivity contribution in [2.24, 2.45) is 5.92 Å². The summed E-state index contributed by atoms with van der Waals surface area (Å²) in [5.74, 6) is 1.91. The van der Waals surface area contributed by atoms with Crippen LogP contribution in [0.4, 0.5) is 0 Å². The van der Waals surface area contributed by atoms with Gasteiger partial charge >= 0.3 is 116 Å². The predicted octanol–water partition coefficient (Wildman–Crippen LogP) is 1.32. The minimum atomic E-state index is 0.226. The van der Waals surface area contributed by atoms with Gasteiger partial charge in [-0.05, 0) is 0 Å². The average molecular weight is 307 g/mol. The second-order valence-corrected chi connectivity index (χ2v) is 7.23. The Morgan fingerprint density at radius 2 is 2.33 bits per heavy atom. The average Bonchev–Trinajstić information content (AvgIpc) is 3.11. The molecule has 1 aliphatic carbocycles. The van der Waals surface area contributed by atoms with E-state index < -0.39 is 0 Å². The fourth-order valence-corrected chi connectivity index (χ4v) is 3.83. The first-order valence-corrected chi connectivity index (χ1v) is 9.50. The molecule has 4 heteroatoms. The van der Waals surface area contributed by atoms with E-state index in [1.807, 2.05) is 6.20 Å². The van der Waals surface area contributed by atoms with Crippen molar-refractivity contribution in [3.05, 3.63) is 18.3 Å². The van der Waals surface area contributed by atoms with Gasteiger partial charge in [-0.1, -0.05) is 0 Å². The summed E-state index contributed by atoms with van der Waals surface area (Å²) in [7, 11) is 2.27. The van der Waals surface area contributed by atoms with E-state index in [1.165, 1.54) is 17.3 Å². The molecular weight excluding hydrogens is 287 g/mol. The van der Waals surface area contributed by atoms with Crippen molar-refractivity contribution >= 4 is 20.2 Å². The van der Waals surface area contributed by atoms with Crippen molar-refractivity contribution in [2.75, 3.05) is 13.7 Å². The van der Waals surface area contributed by atoms with E-state index in [0.717, 1.165) is 36.8 Å². The van der Waals surface area contributed by atoms with E-state index in [4.69, 9.17) is 4.74 Å². The van der Waals surface area contributed by atoms with E-state index in [2.05, 4.69) is 34.8 Å². The van der Waals surface area contributed by atoms with Gasteiger partial charge in [-0.3, -0.25) is 0 Å². The molecule has 1 radical (unpaired) electrons. The molecule has 1 aromatic rings. The van der Waals surface area contributed by atoms with E-state index in [9.17, 15) is 0 Å². The van der Waals surface area contributed by atoms with Crippen molar-refractivity contribution < 1.29 is 4.74 Å². The number of hydrogen-bond donors (Lipinski definition) is 0. The van der Waals surface area contributed by atoms with Crippen molar-refractivity contribution in [3.63, 3.8) is 0 Å². The molecule has 18 heavy (non-hydrogen) atoms. The van der Waals surface area contributed by atoms with Crippen molar-refractivity contribution in [3.8, 4) is 5.75 Å². The Hall–Kier alpha value is -0.532. The number of ether oxygens (including phenoxy) is 1. The third-order valence-corrected chi connectivity index (χ3v) is 5.75. The molecule has 1 saturated heterocycles. The molecule has 3 rings (SSSR count). The Balaban J connectivity index is 1.44. The summed E-state index contributed by atoms with van der Waals surface area (Å²) in [6, 6.07) is 5.77. The Labute approximate surface area is 116 Å². The van der Waals surface area contributed by atoms with E-state index in [1.54, 1.807) is 0 Å². The Morgan fingerprint density at radius 1 is 1.44 bits per heavy atom. The maximum atomic E-state index is 5.79. The number of aromatic nitrogens is 1. The first kappa shape index (κ1) is 12.5. The third-order valence-electron chi connectivity index (χ3n) is 4.23. The van der Waals surface area contributed by atoms with E-state index in [-0.39, 0.29) is 15.8 Å².